The number of methoxy groups -OCH3 is 1. The summed E-state index contributed by atoms with van der Waals surface area (Å²) in [5.74, 6) is 0.381. The van der Waals surface area contributed by atoms with E-state index in [1.54, 1.807) is 19.4 Å². The van der Waals surface area contributed by atoms with Crippen molar-refractivity contribution in [1.29, 1.82) is 0 Å². The van der Waals surface area contributed by atoms with Crippen LogP contribution in [-0.4, -0.2) is 39.5 Å². The molecule has 164 valence electrons. The van der Waals surface area contributed by atoms with Gasteiger partial charge in [0.05, 0.1) is 23.5 Å². The van der Waals surface area contributed by atoms with Crippen LogP contribution in [0.3, 0.4) is 0 Å². The monoisotopic (exact) mass is 451 g/mol. The van der Waals surface area contributed by atoms with Crippen molar-refractivity contribution in [2.75, 3.05) is 13.7 Å². The Morgan fingerprint density at radius 3 is 2.91 bits per heavy atom. The lowest BCUT2D eigenvalue weighted by Gasteiger charge is -2.12. The summed E-state index contributed by atoms with van der Waals surface area (Å²) in [6.07, 6.45) is 3.84. The van der Waals surface area contributed by atoms with Gasteiger partial charge in [0.1, 0.15) is 17.3 Å². The van der Waals surface area contributed by atoms with Crippen LogP contribution in [0.1, 0.15) is 40.4 Å². The van der Waals surface area contributed by atoms with Gasteiger partial charge in [0.25, 0.3) is 5.91 Å². The second-order valence-electron chi connectivity index (χ2n) is 7.34. The smallest absolute Gasteiger partial charge is 0.271 e. The fourth-order valence-corrected chi connectivity index (χ4v) is 4.16. The van der Waals surface area contributed by atoms with E-state index in [0.717, 1.165) is 21.5 Å². The van der Waals surface area contributed by atoms with Gasteiger partial charge >= 0.3 is 0 Å². The highest BCUT2D eigenvalue weighted by molar-refractivity contribution is 7.17. The number of thiophene rings is 1. The minimum atomic E-state index is -0.380. The van der Waals surface area contributed by atoms with E-state index in [1.165, 1.54) is 23.6 Å². The van der Waals surface area contributed by atoms with E-state index in [4.69, 9.17) is 4.74 Å². The van der Waals surface area contributed by atoms with Crippen molar-refractivity contribution in [2.45, 2.75) is 25.7 Å². The van der Waals surface area contributed by atoms with Gasteiger partial charge in [-0.25, -0.2) is 19.3 Å². The van der Waals surface area contributed by atoms with E-state index in [1.807, 2.05) is 30.5 Å². The van der Waals surface area contributed by atoms with Gasteiger partial charge < -0.3 is 10.1 Å². The molecule has 0 aliphatic rings. The Labute approximate surface area is 188 Å². The average Bonchev–Trinajstić information content (AvgIpc) is 3.27. The summed E-state index contributed by atoms with van der Waals surface area (Å²) >= 11 is 1.43. The molecule has 0 aromatic carbocycles. The minimum absolute atomic E-state index is 0.0515. The number of aromatic nitrogens is 4. The number of nitrogens with zero attached hydrogens (tertiary/aromatic N) is 4. The van der Waals surface area contributed by atoms with E-state index >= 15 is 0 Å². The number of amides is 1. The molecule has 0 saturated heterocycles. The first-order chi connectivity index (χ1) is 15.5. The third-order valence-corrected chi connectivity index (χ3v) is 5.92. The van der Waals surface area contributed by atoms with Crippen LogP contribution in [0.15, 0.2) is 48.1 Å². The molecule has 4 rings (SSSR count). The van der Waals surface area contributed by atoms with E-state index in [-0.39, 0.29) is 17.6 Å². The van der Waals surface area contributed by atoms with E-state index in [2.05, 4.69) is 25.3 Å². The van der Waals surface area contributed by atoms with Crippen LogP contribution in [0.5, 0.6) is 5.88 Å². The Kier molecular flexibility index (Phi) is 6.65. The molecule has 0 unspecified atom stereocenters. The molecular formula is C23H22FN5O2S. The third kappa shape index (κ3) is 5.05. The molecule has 1 atom stereocenters. The number of halogens is 1. The number of nitrogens with one attached hydrogen (secondary N) is 1. The molecule has 1 N–H and O–H groups in total. The van der Waals surface area contributed by atoms with Gasteiger partial charge in [-0.05, 0) is 35.1 Å². The first kappa shape index (κ1) is 21.8. The van der Waals surface area contributed by atoms with Crippen molar-refractivity contribution in [2.24, 2.45) is 0 Å². The minimum Gasteiger partial charge on any atom is -0.481 e. The van der Waals surface area contributed by atoms with Crippen molar-refractivity contribution in [1.82, 2.24) is 25.3 Å². The zero-order valence-corrected chi connectivity index (χ0v) is 18.5. The van der Waals surface area contributed by atoms with Gasteiger partial charge in [-0.2, -0.15) is 0 Å². The van der Waals surface area contributed by atoms with Crippen molar-refractivity contribution >= 4 is 27.5 Å². The standard InChI is InChI=1S/C23H22FN5O2S/c1-14(15-11-16(24)13-25-12-15)10-19-28-18-7-9-32-22(18)21(29-19)23(30)26-8-6-17-4-3-5-20(27-17)31-2/h3-5,7,9,11-14H,6,8,10H2,1-2H3,(H,26,30)/t14-/m1/s1. The van der Waals surface area contributed by atoms with Gasteiger partial charge in [0.2, 0.25) is 5.88 Å². The number of carbonyl (C=O) groups is 1. The summed E-state index contributed by atoms with van der Waals surface area (Å²) in [5.41, 5.74) is 2.66. The number of pyridine rings is 2. The Hall–Kier alpha value is -3.46. The van der Waals surface area contributed by atoms with Crippen molar-refractivity contribution < 1.29 is 13.9 Å². The predicted octanol–water partition coefficient (Wildman–Crippen LogP) is 3.95. The maximum atomic E-state index is 13.5. The largest absolute Gasteiger partial charge is 0.481 e. The first-order valence-electron chi connectivity index (χ1n) is 10.2. The highest BCUT2D eigenvalue weighted by Crippen LogP contribution is 2.25. The highest BCUT2D eigenvalue weighted by Gasteiger charge is 2.18. The highest BCUT2D eigenvalue weighted by atomic mass is 32.1. The van der Waals surface area contributed by atoms with Crippen LogP contribution in [0.25, 0.3) is 10.2 Å². The van der Waals surface area contributed by atoms with Crippen LogP contribution in [-0.2, 0) is 12.8 Å². The van der Waals surface area contributed by atoms with E-state index in [0.29, 0.717) is 36.8 Å². The lowest BCUT2D eigenvalue weighted by atomic mass is 9.99. The number of ether oxygens (including phenoxy) is 1. The number of rotatable bonds is 8. The zero-order valence-electron chi connectivity index (χ0n) is 17.7. The number of hydrogen-bond donors (Lipinski definition) is 1. The van der Waals surface area contributed by atoms with Crippen LogP contribution in [0.4, 0.5) is 4.39 Å². The normalized spacial score (nSPS) is 12.0. The summed E-state index contributed by atoms with van der Waals surface area (Å²) in [7, 11) is 1.57. The van der Waals surface area contributed by atoms with Gasteiger partial charge in [0, 0.05) is 37.3 Å². The predicted molar refractivity (Wildman–Crippen MR) is 121 cm³/mol. The second kappa shape index (κ2) is 9.78. The Bertz CT molecular complexity index is 1250. The lowest BCUT2D eigenvalue weighted by Crippen LogP contribution is -2.27. The van der Waals surface area contributed by atoms with Crippen LogP contribution < -0.4 is 10.1 Å². The number of fused-ring (bicyclic) bond motifs is 1. The third-order valence-electron chi connectivity index (χ3n) is 5.01. The number of hydrogen-bond acceptors (Lipinski definition) is 7. The fraction of sp³-hybridized carbons (Fsp3) is 0.261. The summed E-state index contributed by atoms with van der Waals surface area (Å²) in [5, 5.41) is 4.81. The fourth-order valence-electron chi connectivity index (χ4n) is 3.34. The van der Waals surface area contributed by atoms with Crippen LogP contribution >= 0.6 is 11.3 Å². The Morgan fingerprint density at radius 1 is 1.22 bits per heavy atom. The maximum Gasteiger partial charge on any atom is 0.271 e. The molecule has 0 fully saturated rings. The molecule has 0 bridgehead atoms. The molecule has 4 heterocycles. The lowest BCUT2D eigenvalue weighted by molar-refractivity contribution is 0.0950. The first-order valence-corrected chi connectivity index (χ1v) is 11.0. The average molecular weight is 452 g/mol. The van der Waals surface area contributed by atoms with Gasteiger partial charge in [-0.15, -0.1) is 11.3 Å². The van der Waals surface area contributed by atoms with Crippen LogP contribution in [0.2, 0.25) is 0 Å². The summed E-state index contributed by atoms with van der Waals surface area (Å²) in [4.78, 5) is 30.3. The molecule has 7 nitrogen and oxygen atoms in total. The van der Waals surface area contributed by atoms with Crippen LogP contribution in [0, 0.1) is 5.82 Å². The Balaban J connectivity index is 1.49. The molecular weight excluding hydrogens is 429 g/mol. The molecule has 1 amide bonds. The van der Waals surface area contributed by atoms with Gasteiger partial charge in [-0.3, -0.25) is 9.78 Å². The molecule has 0 radical (unpaired) electrons. The topological polar surface area (TPSA) is 89.9 Å². The summed E-state index contributed by atoms with van der Waals surface area (Å²) in [6, 6.07) is 8.86. The van der Waals surface area contributed by atoms with E-state index in [9.17, 15) is 9.18 Å². The SMILES string of the molecule is COc1cccc(CCNC(=O)c2nc(C[C@@H](C)c3cncc(F)c3)nc3ccsc23)n1. The number of carbonyl (C=O) groups excluding carboxylic acids is 1. The summed E-state index contributed by atoms with van der Waals surface area (Å²) < 4.78 is 19.4. The molecule has 4 aromatic heterocycles. The van der Waals surface area contributed by atoms with E-state index < -0.39 is 0 Å². The Morgan fingerprint density at radius 2 is 2.09 bits per heavy atom. The molecule has 9 heteroatoms. The molecule has 0 aliphatic carbocycles. The molecule has 0 spiro atoms. The molecule has 0 saturated carbocycles. The molecule has 0 aliphatic heterocycles. The molecule has 4 aromatic rings. The van der Waals surface area contributed by atoms with Gasteiger partial charge in [0.15, 0.2) is 0 Å². The quantitative estimate of drug-likeness (QED) is 0.436. The zero-order chi connectivity index (χ0) is 22.5. The van der Waals surface area contributed by atoms with Gasteiger partial charge in [-0.1, -0.05) is 13.0 Å². The van der Waals surface area contributed by atoms with Crippen molar-refractivity contribution in [3.05, 3.63) is 76.7 Å². The second-order valence-corrected chi connectivity index (χ2v) is 8.26. The summed E-state index contributed by atoms with van der Waals surface area (Å²) in [6.45, 7) is 2.37. The molecule has 32 heavy (non-hydrogen) atoms. The maximum absolute atomic E-state index is 13.5. The van der Waals surface area contributed by atoms with Crippen molar-refractivity contribution in [3.63, 3.8) is 0 Å². The van der Waals surface area contributed by atoms with Crippen molar-refractivity contribution in [3.8, 4) is 5.88 Å².